The summed E-state index contributed by atoms with van der Waals surface area (Å²) in [6.07, 6.45) is -0.421. The van der Waals surface area contributed by atoms with Gasteiger partial charge in [-0.3, -0.25) is 14.9 Å². The van der Waals surface area contributed by atoms with Crippen molar-refractivity contribution in [3.05, 3.63) is 96.6 Å². The van der Waals surface area contributed by atoms with Crippen LogP contribution < -0.4 is 16.0 Å². The first-order chi connectivity index (χ1) is 17.3. The van der Waals surface area contributed by atoms with Gasteiger partial charge < -0.3 is 20.5 Å². The molecule has 3 aromatic rings. The number of rotatable bonds is 10. The summed E-state index contributed by atoms with van der Waals surface area (Å²) in [5.41, 5.74) is 2.75. The van der Waals surface area contributed by atoms with Gasteiger partial charge in [0, 0.05) is 29.9 Å². The maximum atomic E-state index is 11.8. The van der Waals surface area contributed by atoms with E-state index in [1.165, 1.54) is 0 Å². The van der Waals surface area contributed by atoms with Gasteiger partial charge in [0.2, 0.25) is 5.91 Å². The Labute approximate surface area is 211 Å². The highest BCUT2D eigenvalue weighted by molar-refractivity contribution is 5.92. The number of benzene rings is 3. The maximum Gasteiger partial charge on any atom is 0.414 e. The zero-order valence-electron chi connectivity index (χ0n) is 20.5. The molecule has 2 amide bonds. The largest absolute Gasteiger partial charge is 0.481 e. The molecule has 2 atom stereocenters. The lowest BCUT2D eigenvalue weighted by atomic mass is 10.2. The molecule has 0 bridgehead atoms. The van der Waals surface area contributed by atoms with Crippen LogP contribution in [0, 0.1) is 0 Å². The molecule has 0 saturated carbocycles. The highest BCUT2D eigenvalue weighted by Gasteiger charge is 2.13. The van der Waals surface area contributed by atoms with E-state index in [-0.39, 0.29) is 37.4 Å². The second-order valence-corrected chi connectivity index (χ2v) is 8.23. The standard InChI is InChI=1S/C18H20N2O3.C10H13NO2/c1-14(19-16-10-6-3-7-11-16)12-17(21)20-18(22)23-13-15-8-4-2-5-9-15;1-8(7-10(12)13)11-9-5-3-2-4-6-9/h2-11,14,19H,12-13H2,1H3,(H,20,21,22);2-6,8,11H,7H2,1H3,(H,12,13)/t14-;8-/m00/s1. The van der Waals surface area contributed by atoms with E-state index in [1.807, 2.05) is 105 Å². The fourth-order valence-electron chi connectivity index (χ4n) is 3.20. The van der Waals surface area contributed by atoms with Crippen molar-refractivity contribution in [2.75, 3.05) is 10.6 Å². The Bertz CT molecular complexity index is 1060. The van der Waals surface area contributed by atoms with Gasteiger partial charge in [0.25, 0.3) is 0 Å². The molecule has 0 spiro atoms. The van der Waals surface area contributed by atoms with Crippen molar-refractivity contribution < 1.29 is 24.2 Å². The van der Waals surface area contributed by atoms with Crippen LogP contribution in [0.5, 0.6) is 0 Å². The van der Waals surface area contributed by atoms with Crippen LogP contribution in [-0.2, 0) is 20.9 Å². The number of carbonyl (C=O) groups excluding carboxylic acids is 2. The average molecular weight is 492 g/mol. The molecule has 0 heterocycles. The molecule has 8 heteroatoms. The fraction of sp³-hybridized carbons (Fsp3) is 0.250. The number of alkyl carbamates (subject to hydrolysis) is 1. The number of carboxylic acid groups (broad SMARTS) is 1. The average Bonchev–Trinajstić information content (AvgIpc) is 2.84. The van der Waals surface area contributed by atoms with E-state index >= 15 is 0 Å². The molecule has 0 aromatic heterocycles. The Hall–Kier alpha value is -4.33. The van der Waals surface area contributed by atoms with Gasteiger partial charge in [-0.1, -0.05) is 66.7 Å². The minimum Gasteiger partial charge on any atom is -0.481 e. The van der Waals surface area contributed by atoms with Gasteiger partial charge in [-0.05, 0) is 43.7 Å². The third kappa shape index (κ3) is 12.2. The zero-order valence-corrected chi connectivity index (χ0v) is 20.5. The first-order valence-corrected chi connectivity index (χ1v) is 11.7. The monoisotopic (exact) mass is 491 g/mol. The topological polar surface area (TPSA) is 117 Å². The molecule has 3 rings (SSSR count). The SMILES string of the molecule is C[C@@H](CC(=O)NC(=O)OCc1ccccc1)Nc1ccccc1.C[C@@H](CC(=O)O)Nc1ccccc1. The quantitative estimate of drug-likeness (QED) is 0.304. The van der Waals surface area contributed by atoms with Crippen LogP contribution in [0.4, 0.5) is 16.2 Å². The number of hydrogen-bond acceptors (Lipinski definition) is 6. The van der Waals surface area contributed by atoms with Gasteiger partial charge in [0.15, 0.2) is 0 Å². The number of amides is 2. The number of aliphatic carboxylic acids is 1. The number of nitrogens with one attached hydrogen (secondary N) is 3. The molecule has 0 fully saturated rings. The molecule has 3 aromatic carbocycles. The number of carboxylic acids is 1. The zero-order chi connectivity index (χ0) is 26.2. The lowest BCUT2D eigenvalue weighted by Gasteiger charge is -2.14. The molecule has 190 valence electrons. The molecule has 0 aliphatic heterocycles. The van der Waals surface area contributed by atoms with E-state index in [0.29, 0.717) is 0 Å². The highest BCUT2D eigenvalue weighted by Crippen LogP contribution is 2.09. The Morgan fingerprint density at radius 3 is 1.64 bits per heavy atom. The van der Waals surface area contributed by atoms with E-state index < -0.39 is 12.1 Å². The van der Waals surface area contributed by atoms with E-state index in [1.54, 1.807) is 0 Å². The summed E-state index contributed by atoms with van der Waals surface area (Å²) in [4.78, 5) is 33.8. The predicted molar refractivity (Wildman–Crippen MR) is 141 cm³/mol. The van der Waals surface area contributed by atoms with Crippen LogP contribution >= 0.6 is 0 Å². The smallest absolute Gasteiger partial charge is 0.414 e. The minimum atomic E-state index is -0.782. The summed E-state index contributed by atoms with van der Waals surface area (Å²) in [7, 11) is 0. The molecule has 0 radical (unpaired) electrons. The van der Waals surface area contributed by atoms with Crippen LogP contribution in [0.3, 0.4) is 0 Å². The van der Waals surface area contributed by atoms with Crippen LogP contribution in [0.1, 0.15) is 32.3 Å². The second-order valence-electron chi connectivity index (χ2n) is 8.23. The number of ether oxygens (including phenoxy) is 1. The summed E-state index contributed by atoms with van der Waals surface area (Å²) >= 11 is 0. The molecule has 0 saturated heterocycles. The third-order valence-electron chi connectivity index (χ3n) is 4.80. The molecule has 36 heavy (non-hydrogen) atoms. The van der Waals surface area contributed by atoms with Crippen molar-refractivity contribution >= 4 is 29.3 Å². The Kier molecular flexibility index (Phi) is 12.1. The molecule has 0 unspecified atom stereocenters. The normalized spacial score (nSPS) is 11.6. The van der Waals surface area contributed by atoms with Crippen molar-refractivity contribution in [3.63, 3.8) is 0 Å². The Morgan fingerprint density at radius 2 is 1.17 bits per heavy atom. The van der Waals surface area contributed by atoms with Crippen LogP contribution in [0.15, 0.2) is 91.0 Å². The van der Waals surface area contributed by atoms with Crippen LogP contribution in [0.25, 0.3) is 0 Å². The third-order valence-corrected chi connectivity index (χ3v) is 4.80. The molecule has 0 aliphatic carbocycles. The first-order valence-electron chi connectivity index (χ1n) is 11.7. The molecule has 0 aliphatic rings. The number of carbonyl (C=O) groups is 3. The molecule has 8 nitrogen and oxygen atoms in total. The lowest BCUT2D eigenvalue weighted by Crippen LogP contribution is -2.34. The van der Waals surface area contributed by atoms with Crippen molar-refractivity contribution in [3.8, 4) is 0 Å². The summed E-state index contributed by atoms with van der Waals surface area (Å²) in [5, 5.41) is 17.0. The second kappa shape index (κ2) is 15.5. The number of hydrogen-bond donors (Lipinski definition) is 4. The first kappa shape index (κ1) is 27.9. The van der Waals surface area contributed by atoms with E-state index in [0.717, 1.165) is 16.9 Å². The van der Waals surface area contributed by atoms with E-state index in [2.05, 4.69) is 16.0 Å². The van der Waals surface area contributed by atoms with Crippen LogP contribution in [0.2, 0.25) is 0 Å². The Morgan fingerprint density at radius 1 is 0.722 bits per heavy atom. The van der Waals surface area contributed by atoms with E-state index in [9.17, 15) is 14.4 Å². The van der Waals surface area contributed by atoms with E-state index in [4.69, 9.17) is 9.84 Å². The van der Waals surface area contributed by atoms with Gasteiger partial charge in [-0.2, -0.15) is 0 Å². The number of anilines is 2. The van der Waals surface area contributed by atoms with Gasteiger partial charge in [-0.15, -0.1) is 0 Å². The number of para-hydroxylation sites is 2. The summed E-state index contributed by atoms with van der Waals surface area (Å²) in [5.74, 6) is -1.16. The molecular weight excluding hydrogens is 458 g/mol. The van der Waals surface area contributed by atoms with Crippen LogP contribution in [-0.4, -0.2) is 35.2 Å². The van der Waals surface area contributed by atoms with Gasteiger partial charge in [0.1, 0.15) is 6.61 Å². The highest BCUT2D eigenvalue weighted by atomic mass is 16.5. The van der Waals surface area contributed by atoms with Crippen molar-refractivity contribution in [1.82, 2.24) is 5.32 Å². The minimum absolute atomic E-state index is 0.0418. The van der Waals surface area contributed by atoms with Crippen molar-refractivity contribution in [2.45, 2.75) is 45.4 Å². The fourth-order valence-corrected chi connectivity index (χ4v) is 3.20. The Balaban J connectivity index is 0.000000297. The lowest BCUT2D eigenvalue weighted by molar-refractivity contribution is -0.137. The van der Waals surface area contributed by atoms with Gasteiger partial charge in [0.05, 0.1) is 6.42 Å². The van der Waals surface area contributed by atoms with Crippen molar-refractivity contribution in [1.29, 1.82) is 0 Å². The predicted octanol–water partition coefficient (Wildman–Crippen LogP) is 5.29. The summed E-state index contributed by atoms with van der Waals surface area (Å²) in [6.45, 7) is 3.86. The maximum absolute atomic E-state index is 11.8. The molecule has 4 N–H and O–H groups in total. The summed E-state index contributed by atoms with van der Waals surface area (Å²) in [6, 6.07) is 28.3. The summed E-state index contributed by atoms with van der Waals surface area (Å²) < 4.78 is 5.01. The van der Waals surface area contributed by atoms with Crippen molar-refractivity contribution in [2.24, 2.45) is 0 Å². The number of imide groups is 1. The van der Waals surface area contributed by atoms with Gasteiger partial charge in [-0.25, -0.2) is 4.79 Å². The molecular formula is C28H33N3O5. The van der Waals surface area contributed by atoms with Gasteiger partial charge >= 0.3 is 12.1 Å².